The molecule has 1 N–H and O–H groups in total. The van der Waals surface area contributed by atoms with Gasteiger partial charge in [0.25, 0.3) is 0 Å². The first-order valence-corrected chi connectivity index (χ1v) is 11.0. The van der Waals surface area contributed by atoms with Crippen molar-refractivity contribution in [1.82, 2.24) is 5.32 Å². The zero-order chi connectivity index (χ0) is 20.7. The highest BCUT2D eigenvalue weighted by Gasteiger charge is 2.19. The second-order valence-electron chi connectivity index (χ2n) is 6.79. The average Bonchev–Trinajstić information content (AvgIpc) is 2.65. The van der Waals surface area contributed by atoms with E-state index in [-0.39, 0.29) is 24.9 Å². The van der Waals surface area contributed by atoms with Gasteiger partial charge in [-0.2, -0.15) is 0 Å². The van der Waals surface area contributed by atoms with E-state index in [4.69, 9.17) is 4.74 Å². The Bertz CT molecular complexity index is 895. The van der Waals surface area contributed by atoms with E-state index < -0.39 is 10.0 Å². The average molecular weight is 405 g/mol. The molecular weight excluding hydrogens is 376 g/mol. The minimum Gasteiger partial charge on any atom is -0.497 e. The lowest BCUT2D eigenvalue weighted by atomic mass is 10.1. The molecule has 2 aromatic rings. The molecule has 7 heteroatoms. The third-order valence-electron chi connectivity index (χ3n) is 4.54. The van der Waals surface area contributed by atoms with E-state index >= 15 is 0 Å². The highest BCUT2D eigenvalue weighted by molar-refractivity contribution is 7.92. The lowest BCUT2D eigenvalue weighted by Gasteiger charge is -2.24. The fraction of sp³-hybridized carbons (Fsp3) is 0.381. The largest absolute Gasteiger partial charge is 0.497 e. The topological polar surface area (TPSA) is 75.7 Å². The molecule has 0 heterocycles. The van der Waals surface area contributed by atoms with Crippen LogP contribution in [-0.2, 0) is 14.8 Å². The summed E-state index contributed by atoms with van der Waals surface area (Å²) in [6.07, 6.45) is 1.87. The van der Waals surface area contributed by atoms with Crippen molar-refractivity contribution in [2.45, 2.75) is 32.7 Å². The first-order chi connectivity index (χ1) is 13.2. The van der Waals surface area contributed by atoms with Crippen molar-refractivity contribution < 1.29 is 17.9 Å². The van der Waals surface area contributed by atoms with Crippen molar-refractivity contribution in [3.05, 3.63) is 59.7 Å². The quantitative estimate of drug-likeness (QED) is 0.695. The minimum atomic E-state index is -3.42. The summed E-state index contributed by atoms with van der Waals surface area (Å²) >= 11 is 0. The van der Waals surface area contributed by atoms with Crippen molar-refractivity contribution in [2.24, 2.45) is 0 Å². The van der Waals surface area contributed by atoms with Crippen LogP contribution in [-0.4, -0.2) is 34.2 Å². The zero-order valence-corrected chi connectivity index (χ0v) is 17.6. The van der Waals surface area contributed by atoms with Crippen molar-refractivity contribution in [1.29, 1.82) is 0 Å². The third kappa shape index (κ3) is 5.99. The molecule has 0 saturated heterocycles. The van der Waals surface area contributed by atoms with Crippen LogP contribution in [0.2, 0.25) is 0 Å². The number of nitrogens with zero attached hydrogens (tertiary/aromatic N) is 1. The van der Waals surface area contributed by atoms with Crippen LogP contribution < -0.4 is 14.4 Å². The van der Waals surface area contributed by atoms with Gasteiger partial charge in [-0.05, 0) is 49.6 Å². The SMILES string of the molecule is COc1ccc(C(C)NC(=O)CCCN(c2ccccc2C)S(C)(=O)=O)cc1. The molecule has 2 rings (SSSR count). The normalized spacial score (nSPS) is 12.3. The number of hydrogen-bond donors (Lipinski definition) is 1. The van der Waals surface area contributed by atoms with Gasteiger partial charge in [0, 0.05) is 13.0 Å². The Morgan fingerprint density at radius 3 is 2.36 bits per heavy atom. The highest BCUT2D eigenvalue weighted by atomic mass is 32.2. The number of methoxy groups -OCH3 is 1. The van der Waals surface area contributed by atoms with E-state index in [2.05, 4.69) is 5.32 Å². The molecule has 0 radical (unpaired) electrons. The number of anilines is 1. The lowest BCUT2D eigenvalue weighted by molar-refractivity contribution is -0.121. The minimum absolute atomic E-state index is 0.110. The number of rotatable bonds is 9. The van der Waals surface area contributed by atoms with E-state index in [0.717, 1.165) is 16.9 Å². The highest BCUT2D eigenvalue weighted by Crippen LogP contribution is 2.22. The molecule has 0 spiro atoms. The van der Waals surface area contributed by atoms with Crippen LogP contribution in [0.1, 0.15) is 36.9 Å². The molecule has 28 heavy (non-hydrogen) atoms. The maximum atomic E-state index is 12.3. The summed E-state index contributed by atoms with van der Waals surface area (Å²) in [4.78, 5) is 12.3. The summed E-state index contributed by atoms with van der Waals surface area (Å²) in [5.41, 5.74) is 2.51. The smallest absolute Gasteiger partial charge is 0.232 e. The summed E-state index contributed by atoms with van der Waals surface area (Å²) in [5.74, 6) is 0.654. The van der Waals surface area contributed by atoms with Crippen LogP contribution in [0.25, 0.3) is 0 Å². The predicted molar refractivity (Wildman–Crippen MR) is 112 cm³/mol. The molecular formula is C21H28N2O4S. The zero-order valence-electron chi connectivity index (χ0n) is 16.8. The monoisotopic (exact) mass is 404 g/mol. The number of hydrogen-bond acceptors (Lipinski definition) is 4. The number of nitrogens with one attached hydrogen (secondary N) is 1. The van der Waals surface area contributed by atoms with Gasteiger partial charge in [-0.15, -0.1) is 0 Å². The molecule has 0 aliphatic heterocycles. The molecule has 2 aromatic carbocycles. The van der Waals surface area contributed by atoms with Crippen molar-refractivity contribution in [2.75, 3.05) is 24.2 Å². The van der Waals surface area contributed by atoms with Crippen LogP contribution in [0.4, 0.5) is 5.69 Å². The first kappa shape index (κ1) is 21.8. The van der Waals surface area contributed by atoms with Gasteiger partial charge < -0.3 is 10.1 Å². The predicted octanol–water partition coefficient (Wildman–Crippen LogP) is 3.43. The number of carbonyl (C=O) groups excluding carboxylic acids is 1. The first-order valence-electron chi connectivity index (χ1n) is 9.19. The number of benzene rings is 2. The fourth-order valence-corrected chi connectivity index (χ4v) is 4.00. The maximum Gasteiger partial charge on any atom is 0.232 e. The standard InChI is InChI=1S/C21H28N2O4S/c1-16-8-5-6-9-20(16)23(28(4,25)26)15-7-10-21(24)22-17(2)18-11-13-19(27-3)14-12-18/h5-6,8-9,11-14,17H,7,10,15H2,1-4H3,(H,22,24). The lowest BCUT2D eigenvalue weighted by Crippen LogP contribution is -2.33. The summed E-state index contributed by atoms with van der Waals surface area (Å²) in [6.45, 7) is 4.04. The van der Waals surface area contributed by atoms with Gasteiger partial charge in [0.1, 0.15) is 5.75 Å². The fourth-order valence-electron chi connectivity index (χ4n) is 2.98. The number of carbonyl (C=O) groups is 1. The Labute approximate surface area is 167 Å². The number of ether oxygens (including phenoxy) is 1. The van der Waals surface area contributed by atoms with Crippen LogP contribution in [0, 0.1) is 6.92 Å². The maximum absolute atomic E-state index is 12.3. The molecule has 0 bridgehead atoms. The van der Waals surface area contributed by atoms with Crippen LogP contribution in [0.5, 0.6) is 5.75 Å². The van der Waals surface area contributed by atoms with Gasteiger partial charge in [0.2, 0.25) is 15.9 Å². The van der Waals surface area contributed by atoms with Gasteiger partial charge in [-0.3, -0.25) is 9.10 Å². The number of sulfonamides is 1. The molecule has 0 aliphatic rings. The molecule has 1 unspecified atom stereocenters. The van der Waals surface area contributed by atoms with E-state index in [1.165, 1.54) is 10.6 Å². The Balaban J connectivity index is 1.92. The van der Waals surface area contributed by atoms with Gasteiger partial charge in [0.05, 0.1) is 25.1 Å². The van der Waals surface area contributed by atoms with Crippen LogP contribution in [0.3, 0.4) is 0 Å². The van der Waals surface area contributed by atoms with Crippen molar-refractivity contribution in [3.8, 4) is 5.75 Å². The Kier molecular flexibility index (Phi) is 7.45. The molecule has 0 aliphatic carbocycles. The summed E-state index contributed by atoms with van der Waals surface area (Å²) < 4.78 is 30.9. The molecule has 0 aromatic heterocycles. The van der Waals surface area contributed by atoms with Gasteiger partial charge in [-0.1, -0.05) is 30.3 Å². The summed E-state index contributed by atoms with van der Waals surface area (Å²) in [7, 11) is -1.81. The van der Waals surface area contributed by atoms with Crippen LogP contribution in [0.15, 0.2) is 48.5 Å². The van der Waals surface area contributed by atoms with Crippen molar-refractivity contribution >= 4 is 21.6 Å². The van der Waals surface area contributed by atoms with Gasteiger partial charge in [0.15, 0.2) is 0 Å². The number of amides is 1. The van der Waals surface area contributed by atoms with Gasteiger partial charge in [-0.25, -0.2) is 8.42 Å². The molecule has 0 fully saturated rings. The van der Waals surface area contributed by atoms with Crippen molar-refractivity contribution in [3.63, 3.8) is 0 Å². The van der Waals surface area contributed by atoms with E-state index in [1.54, 1.807) is 13.2 Å². The Morgan fingerprint density at radius 1 is 1.14 bits per heavy atom. The molecule has 0 saturated carbocycles. The number of para-hydroxylation sites is 1. The Hall–Kier alpha value is -2.54. The van der Waals surface area contributed by atoms with Crippen LogP contribution >= 0.6 is 0 Å². The second kappa shape index (κ2) is 9.59. The number of aryl methyl sites for hydroxylation is 1. The van der Waals surface area contributed by atoms with E-state index in [1.807, 2.05) is 56.3 Å². The second-order valence-corrected chi connectivity index (χ2v) is 8.69. The molecule has 6 nitrogen and oxygen atoms in total. The van der Waals surface area contributed by atoms with E-state index in [9.17, 15) is 13.2 Å². The summed E-state index contributed by atoms with van der Waals surface area (Å²) in [5, 5.41) is 2.95. The third-order valence-corrected chi connectivity index (χ3v) is 5.72. The van der Waals surface area contributed by atoms with E-state index in [0.29, 0.717) is 12.1 Å². The Morgan fingerprint density at radius 2 is 1.79 bits per heavy atom. The van der Waals surface area contributed by atoms with Gasteiger partial charge >= 0.3 is 0 Å². The molecule has 152 valence electrons. The summed E-state index contributed by atoms with van der Waals surface area (Å²) in [6, 6.07) is 14.7. The molecule has 1 amide bonds. The molecule has 1 atom stereocenters.